The molecular weight excluding hydrogens is 300 g/mol. The van der Waals surface area contributed by atoms with Crippen molar-refractivity contribution in [3.8, 4) is 6.07 Å². The average molecular weight is 320 g/mol. The molecule has 0 aromatic carbocycles. The number of alkyl carbamates (subject to hydrolysis) is 1. The molecule has 0 aromatic rings. The molecule has 1 unspecified atom stereocenters. The minimum absolute atomic E-state index is 0.332. The van der Waals surface area contributed by atoms with Crippen LogP contribution >= 0.6 is 21.6 Å². The van der Waals surface area contributed by atoms with Crippen LogP contribution < -0.4 is 5.32 Å². The zero-order chi connectivity index (χ0) is 15.6. The van der Waals surface area contributed by atoms with Gasteiger partial charge in [-0.3, -0.25) is 0 Å². The molecule has 0 heterocycles. The first-order valence-electron chi connectivity index (χ1n) is 5.99. The Kier molecular flexibility index (Phi) is 9.25. The number of nitrogens with zero attached hydrogens (tertiary/aromatic N) is 1. The van der Waals surface area contributed by atoms with Crippen LogP contribution in [0.2, 0.25) is 0 Å². The van der Waals surface area contributed by atoms with Crippen LogP contribution in [0.5, 0.6) is 0 Å². The van der Waals surface area contributed by atoms with Crippen molar-refractivity contribution < 1.29 is 19.1 Å². The predicted molar refractivity (Wildman–Crippen MR) is 80.3 cm³/mol. The van der Waals surface area contributed by atoms with Crippen molar-refractivity contribution in [3.63, 3.8) is 0 Å². The summed E-state index contributed by atoms with van der Waals surface area (Å²) >= 11 is 0. The molecule has 0 spiro atoms. The van der Waals surface area contributed by atoms with Crippen molar-refractivity contribution in [2.45, 2.75) is 38.8 Å². The van der Waals surface area contributed by atoms with E-state index >= 15 is 0 Å². The number of hydrogen-bond donors (Lipinski definition) is 1. The molecule has 8 heteroatoms. The molecule has 0 aliphatic rings. The van der Waals surface area contributed by atoms with Crippen LogP contribution in [0, 0.1) is 11.3 Å². The van der Waals surface area contributed by atoms with Gasteiger partial charge in [-0.05, 0) is 33.4 Å². The molecule has 0 saturated heterocycles. The molecule has 1 atom stereocenters. The van der Waals surface area contributed by atoms with E-state index in [4.69, 9.17) is 14.7 Å². The molecule has 1 amide bonds. The van der Waals surface area contributed by atoms with Crippen LogP contribution in [0.3, 0.4) is 0 Å². The summed E-state index contributed by atoms with van der Waals surface area (Å²) in [7, 11) is 3.14. The number of carbonyl (C=O) groups is 2. The molecule has 0 aromatic heterocycles. The van der Waals surface area contributed by atoms with E-state index in [0.29, 0.717) is 12.2 Å². The third kappa shape index (κ3) is 9.81. The summed E-state index contributed by atoms with van der Waals surface area (Å²) < 4.78 is 9.82. The van der Waals surface area contributed by atoms with Crippen LogP contribution in [0.25, 0.3) is 0 Å². The monoisotopic (exact) mass is 320 g/mol. The first kappa shape index (κ1) is 18.9. The fraction of sp³-hybridized carbons (Fsp3) is 0.750. The van der Waals surface area contributed by atoms with Crippen molar-refractivity contribution in [2.24, 2.45) is 0 Å². The van der Waals surface area contributed by atoms with E-state index in [1.165, 1.54) is 0 Å². The second kappa shape index (κ2) is 9.77. The molecule has 0 aliphatic carbocycles. The Balaban J connectivity index is 4.47. The molecule has 0 radical (unpaired) electrons. The summed E-state index contributed by atoms with van der Waals surface area (Å²) in [5, 5.41) is 10.9. The summed E-state index contributed by atoms with van der Waals surface area (Å²) in [6.07, 6.45) is 1.66. The zero-order valence-electron chi connectivity index (χ0n) is 12.1. The summed E-state index contributed by atoms with van der Waals surface area (Å²) in [4.78, 5) is 23.4. The van der Waals surface area contributed by atoms with Gasteiger partial charge in [0.1, 0.15) is 17.7 Å². The molecule has 0 rings (SSSR count). The highest BCUT2D eigenvalue weighted by Gasteiger charge is 2.25. The average Bonchev–Trinajstić information content (AvgIpc) is 2.32. The zero-order valence-corrected chi connectivity index (χ0v) is 13.7. The fourth-order valence-electron chi connectivity index (χ4n) is 1.15. The van der Waals surface area contributed by atoms with E-state index in [9.17, 15) is 9.59 Å². The van der Waals surface area contributed by atoms with E-state index in [2.05, 4.69) is 5.32 Å². The second-order valence-electron chi connectivity index (χ2n) is 4.74. The lowest BCUT2D eigenvalue weighted by Gasteiger charge is -2.22. The summed E-state index contributed by atoms with van der Waals surface area (Å²) in [6.45, 7) is 4.87. The lowest BCUT2D eigenvalue weighted by atomic mass is 10.2. The van der Waals surface area contributed by atoms with Gasteiger partial charge in [-0.25, -0.2) is 9.59 Å². The van der Waals surface area contributed by atoms with Gasteiger partial charge in [-0.15, -0.1) is 0 Å². The molecule has 0 saturated carbocycles. The van der Waals surface area contributed by atoms with Gasteiger partial charge < -0.3 is 14.8 Å². The molecule has 1 N–H and O–H groups in total. The first-order chi connectivity index (χ1) is 9.30. The number of nitrogens with one attached hydrogen (secondary N) is 1. The van der Waals surface area contributed by atoms with Gasteiger partial charge in [0.2, 0.25) is 0 Å². The third-order valence-corrected chi connectivity index (χ3v) is 3.71. The Labute approximate surface area is 127 Å². The number of amides is 1. The van der Waals surface area contributed by atoms with Gasteiger partial charge in [0.25, 0.3) is 0 Å². The normalized spacial score (nSPS) is 12.2. The summed E-state index contributed by atoms with van der Waals surface area (Å²) in [6, 6.07) is 0.908. The summed E-state index contributed by atoms with van der Waals surface area (Å²) in [5.41, 5.74) is -0.640. The van der Waals surface area contributed by atoms with Crippen LogP contribution in [0.15, 0.2) is 0 Å². The molecule has 0 fully saturated rings. The Bertz CT molecular complexity index is 363. The van der Waals surface area contributed by atoms with E-state index in [0.717, 1.165) is 0 Å². The van der Waals surface area contributed by atoms with Crippen molar-refractivity contribution >= 4 is 33.7 Å². The van der Waals surface area contributed by atoms with Crippen LogP contribution in [-0.4, -0.2) is 42.3 Å². The predicted octanol–water partition coefficient (Wildman–Crippen LogP) is 2.35. The highest BCUT2D eigenvalue weighted by atomic mass is 33.1. The Morgan fingerprint density at radius 2 is 2.05 bits per heavy atom. The lowest BCUT2D eigenvalue weighted by molar-refractivity contribution is -0.144. The maximum absolute atomic E-state index is 11.7. The highest BCUT2D eigenvalue weighted by molar-refractivity contribution is 8.76. The van der Waals surface area contributed by atoms with Gasteiger partial charge in [-0.1, -0.05) is 21.6 Å². The number of esters is 1. The standard InChI is InChI=1S/C12H20N2O4S2/c1-12(2,3)18-11(16)14-9(5-8-20-19-4)10(15)17-7-6-13/h9H,5,7-8H2,1-4H3,(H,14,16). The van der Waals surface area contributed by atoms with Crippen LogP contribution in [0.4, 0.5) is 4.79 Å². The van der Waals surface area contributed by atoms with E-state index in [-0.39, 0.29) is 6.61 Å². The fourth-order valence-corrected chi connectivity index (χ4v) is 2.44. The van der Waals surface area contributed by atoms with Crippen molar-refractivity contribution in [1.82, 2.24) is 5.32 Å². The van der Waals surface area contributed by atoms with E-state index in [1.54, 1.807) is 48.4 Å². The van der Waals surface area contributed by atoms with Crippen molar-refractivity contribution in [1.29, 1.82) is 5.26 Å². The maximum Gasteiger partial charge on any atom is 0.408 e. The van der Waals surface area contributed by atoms with Gasteiger partial charge in [0.05, 0.1) is 0 Å². The third-order valence-electron chi connectivity index (χ3n) is 1.86. The van der Waals surface area contributed by atoms with E-state index < -0.39 is 23.7 Å². The Hall–Kier alpha value is -1.07. The minimum Gasteiger partial charge on any atom is -0.449 e. The lowest BCUT2D eigenvalue weighted by Crippen LogP contribution is -2.44. The number of ether oxygens (including phenoxy) is 2. The highest BCUT2D eigenvalue weighted by Crippen LogP contribution is 2.18. The second-order valence-corrected chi connectivity index (χ2v) is 7.43. The smallest absolute Gasteiger partial charge is 0.408 e. The molecule has 6 nitrogen and oxygen atoms in total. The quantitative estimate of drug-likeness (QED) is 0.437. The number of nitriles is 1. The first-order valence-corrected chi connectivity index (χ1v) is 8.71. The number of rotatable bonds is 7. The largest absolute Gasteiger partial charge is 0.449 e. The van der Waals surface area contributed by atoms with Gasteiger partial charge in [0, 0.05) is 5.75 Å². The Morgan fingerprint density at radius 3 is 2.55 bits per heavy atom. The molecular formula is C12H20N2O4S2. The molecule has 0 bridgehead atoms. The number of hydrogen-bond acceptors (Lipinski definition) is 7. The van der Waals surface area contributed by atoms with E-state index in [1.807, 2.05) is 6.26 Å². The Morgan fingerprint density at radius 1 is 1.40 bits per heavy atom. The SMILES string of the molecule is CSSCCC(NC(=O)OC(C)(C)C)C(=O)OCC#N. The van der Waals surface area contributed by atoms with Crippen molar-refractivity contribution in [3.05, 3.63) is 0 Å². The topological polar surface area (TPSA) is 88.4 Å². The summed E-state index contributed by atoms with van der Waals surface area (Å²) in [5.74, 6) is 0.0441. The van der Waals surface area contributed by atoms with Gasteiger partial charge in [-0.2, -0.15) is 5.26 Å². The molecule has 20 heavy (non-hydrogen) atoms. The van der Waals surface area contributed by atoms with Crippen LogP contribution in [-0.2, 0) is 14.3 Å². The number of carbonyl (C=O) groups excluding carboxylic acids is 2. The van der Waals surface area contributed by atoms with Crippen molar-refractivity contribution in [2.75, 3.05) is 18.6 Å². The van der Waals surface area contributed by atoms with Gasteiger partial charge in [0.15, 0.2) is 6.61 Å². The van der Waals surface area contributed by atoms with Crippen LogP contribution in [0.1, 0.15) is 27.2 Å². The molecule has 0 aliphatic heterocycles. The molecule has 114 valence electrons. The minimum atomic E-state index is -0.808. The van der Waals surface area contributed by atoms with Gasteiger partial charge >= 0.3 is 12.1 Å². The maximum atomic E-state index is 11.7.